The van der Waals surface area contributed by atoms with Crippen LogP contribution in [0.15, 0.2) is 10.9 Å². The van der Waals surface area contributed by atoms with Gasteiger partial charge in [0.1, 0.15) is 11.6 Å². The highest BCUT2D eigenvalue weighted by Crippen LogP contribution is 2.24. The summed E-state index contributed by atoms with van der Waals surface area (Å²) in [5.74, 6) is 1.52. The lowest BCUT2D eigenvalue weighted by molar-refractivity contribution is 0.187. The minimum Gasteiger partial charge on any atom is -0.354 e. The van der Waals surface area contributed by atoms with Crippen LogP contribution >= 0.6 is 0 Å². The molecule has 2 fully saturated rings. The Labute approximate surface area is 113 Å². The summed E-state index contributed by atoms with van der Waals surface area (Å²) in [6.07, 6.45) is 5.50. The fraction of sp³-hybridized carbons (Fsp3) is 0.714. The van der Waals surface area contributed by atoms with E-state index in [1.807, 2.05) is 6.92 Å². The summed E-state index contributed by atoms with van der Waals surface area (Å²) in [5, 5.41) is 0. The van der Waals surface area contributed by atoms with Gasteiger partial charge in [-0.05, 0) is 19.8 Å². The Bertz CT molecular complexity index is 484. The smallest absolute Gasteiger partial charge is 0.252 e. The van der Waals surface area contributed by atoms with E-state index in [9.17, 15) is 4.79 Å². The SMILES string of the molecule is Cc1nc(N2CCN(C3CCCC3)CC2)cc(=O)[nH]1. The quantitative estimate of drug-likeness (QED) is 0.868. The zero-order valence-corrected chi connectivity index (χ0v) is 11.6. The molecule has 5 heteroatoms. The number of nitrogens with one attached hydrogen (secondary N) is 1. The average Bonchev–Trinajstić information content (AvgIpc) is 2.91. The van der Waals surface area contributed by atoms with Crippen molar-refractivity contribution in [3.63, 3.8) is 0 Å². The summed E-state index contributed by atoms with van der Waals surface area (Å²) >= 11 is 0. The number of hydrogen-bond acceptors (Lipinski definition) is 4. The molecule has 1 aliphatic heterocycles. The Morgan fingerprint density at radius 1 is 1.21 bits per heavy atom. The Balaban J connectivity index is 1.64. The second kappa shape index (κ2) is 5.33. The van der Waals surface area contributed by atoms with E-state index >= 15 is 0 Å². The van der Waals surface area contributed by atoms with Crippen molar-refractivity contribution >= 4 is 5.82 Å². The Kier molecular flexibility index (Phi) is 3.55. The first-order valence-electron chi connectivity index (χ1n) is 7.29. The monoisotopic (exact) mass is 262 g/mol. The van der Waals surface area contributed by atoms with Gasteiger partial charge in [-0.25, -0.2) is 4.98 Å². The van der Waals surface area contributed by atoms with Crippen LogP contribution in [0.5, 0.6) is 0 Å². The van der Waals surface area contributed by atoms with Gasteiger partial charge in [-0.1, -0.05) is 12.8 Å². The lowest BCUT2D eigenvalue weighted by Crippen LogP contribution is -2.50. The maximum absolute atomic E-state index is 11.5. The highest BCUT2D eigenvalue weighted by atomic mass is 16.1. The van der Waals surface area contributed by atoms with Gasteiger partial charge in [-0.2, -0.15) is 0 Å². The lowest BCUT2D eigenvalue weighted by Gasteiger charge is -2.38. The normalized spacial score (nSPS) is 22.1. The van der Waals surface area contributed by atoms with Crippen LogP contribution in [0.3, 0.4) is 0 Å². The lowest BCUT2D eigenvalue weighted by atomic mass is 10.2. The van der Waals surface area contributed by atoms with Crippen LogP contribution in [0.4, 0.5) is 5.82 Å². The van der Waals surface area contributed by atoms with Gasteiger partial charge in [-0.15, -0.1) is 0 Å². The van der Waals surface area contributed by atoms with Gasteiger partial charge < -0.3 is 9.88 Å². The number of aromatic amines is 1. The fourth-order valence-corrected chi connectivity index (χ4v) is 3.31. The first-order valence-corrected chi connectivity index (χ1v) is 7.29. The molecule has 2 heterocycles. The van der Waals surface area contributed by atoms with Crippen molar-refractivity contribution in [2.75, 3.05) is 31.1 Å². The molecule has 1 aliphatic carbocycles. The maximum atomic E-state index is 11.5. The van der Waals surface area contributed by atoms with Gasteiger partial charge in [0.05, 0.1) is 0 Å². The zero-order chi connectivity index (χ0) is 13.2. The molecule has 0 atom stereocenters. The first-order chi connectivity index (χ1) is 9.22. The third-order valence-corrected chi connectivity index (χ3v) is 4.33. The second-order valence-electron chi connectivity index (χ2n) is 5.65. The zero-order valence-electron chi connectivity index (χ0n) is 11.6. The van der Waals surface area contributed by atoms with Gasteiger partial charge in [0, 0.05) is 38.3 Å². The van der Waals surface area contributed by atoms with E-state index in [2.05, 4.69) is 19.8 Å². The summed E-state index contributed by atoms with van der Waals surface area (Å²) in [4.78, 5) is 23.5. The standard InChI is InChI=1S/C14H22N4O/c1-11-15-13(10-14(19)16-11)18-8-6-17(7-9-18)12-4-2-3-5-12/h10,12H,2-9H2,1H3,(H,15,16,19). The topological polar surface area (TPSA) is 52.2 Å². The molecule has 1 saturated carbocycles. The minimum atomic E-state index is -0.0549. The van der Waals surface area contributed by atoms with Gasteiger partial charge >= 0.3 is 0 Å². The summed E-state index contributed by atoms with van der Waals surface area (Å²) in [6.45, 7) is 5.98. The van der Waals surface area contributed by atoms with E-state index < -0.39 is 0 Å². The minimum absolute atomic E-state index is 0.0549. The Morgan fingerprint density at radius 2 is 1.89 bits per heavy atom. The van der Waals surface area contributed by atoms with Crippen LogP contribution in [-0.4, -0.2) is 47.1 Å². The maximum Gasteiger partial charge on any atom is 0.252 e. The summed E-state index contributed by atoms with van der Waals surface area (Å²) < 4.78 is 0. The van der Waals surface area contributed by atoms with Crippen LogP contribution in [0, 0.1) is 6.92 Å². The van der Waals surface area contributed by atoms with Crippen molar-refractivity contribution in [1.29, 1.82) is 0 Å². The number of aromatic nitrogens is 2. The van der Waals surface area contributed by atoms with Crippen molar-refractivity contribution in [3.05, 3.63) is 22.2 Å². The number of aryl methyl sites for hydroxylation is 1. The molecule has 0 amide bonds. The Hall–Kier alpha value is -1.36. The third kappa shape index (κ3) is 2.81. The van der Waals surface area contributed by atoms with Gasteiger partial charge in [0.25, 0.3) is 5.56 Å². The number of nitrogens with zero attached hydrogens (tertiary/aromatic N) is 3. The van der Waals surface area contributed by atoms with E-state index in [0.717, 1.165) is 38.0 Å². The molecule has 1 aromatic rings. The highest BCUT2D eigenvalue weighted by molar-refractivity contribution is 5.38. The molecule has 0 unspecified atom stereocenters. The third-order valence-electron chi connectivity index (χ3n) is 4.33. The predicted octanol–water partition coefficient (Wildman–Crippen LogP) is 1.14. The molecule has 0 radical (unpaired) electrons. The Morgan fingerprint density at radius 3 is 2.53 bits per heavy atom. The van der Waals surface area contributed by atoms with Crippen LogP contribution in [0.2, 0.25) is 0 Å². The number of anilines is 1. The van der Waals surface area contributed by atoms with Crippen LogP contribution in [0.1, 0.15) is 31.5 Å². The average molecular weight is 262 g/mol. The molecule has 5 nitrogen and oxygen atoms in total. The largest absolute Gasteiger partial charge is 0.354 e. The molecule has 2 aliphatic rings. The molecule has 0 spiro atoms. The second-order valence-corrected chi connectivity index (χ2v) is 5.65. The van der Waals surface area contributed by atoms with Crippen molar-refractivity contribution in [2.24, 2.45) is 0 Å². The van der Waals surface area contributed by atoms with Crippen LogP contribution in [0.25, 0.3) is 0 Å². The fourth-order valence-electron chi connectivity index (χ4n) is 3.31. The van der Waals surface area contributed by atoms with E-state index in [0.29, 0.717) is 5.82 Å². The number of hydrogen-bond donors (Lipinski definition) is 1. The first kappa shape index (κ1) is 12.7. The molecule has 0 aromatic carbocycles. The molecule has 0 bridgehead atoms. The van der Waals surface area contributed by atoms with Gasteiger partial charge in [0.15, 0.2) is 0 Å². The van der Waals surface area contributed by atoms with E-state index in [1.165, 1.54) is 25.7 Å². The van der Waals surface area contributed by atoms with Crippen molar-refractivity contribution < 1.29 is 0 Å². The molecular weight excluding hydrogens is 240 g/mol. The van der Waals surface area contributed by atoms with Gasteiger partial charge in [0.2, 0.25) is 0 Å². The van der Waals surface area contributed by atoms with E-state index in [1.54, 1.807) is 6.07 Å². The number of piperazine rings is 1. The number of H-pyrrole nitrogens is 1. The number of rotatable bonds is 2. The molecular formula is C14H22N4O. The summed E-state index contributed by atoms with van der Waals surface area (Å²) in [6, 6.07) is 2.41. The highest BCUT2D eigenvalue weighted by Gasteiger charge is 2.26. The van der Waals surface area contributed by atoms with E-state index in [4.69, 9.17) is 0 Å². The summed E-state index contributed by atoms with van der Waals surface area (Å²) in [5.41, 5.74) is -0.0549. The van der Waals surface area contributed by atoms with Crippen molar-refractivity contribution in [3.8, 4) is 0 Å². The molecule has 1 aromatic heterocycles. The molecule has 1 saturated heterocycles. The molecule has 104 valence electrons. The molecule has 19 heavy (non-hydrogen) atoms. The van der Waals surface area contributed by atoms with Crippen LogP contribution in [-0.2, 0) is 0 Å². The van der Waals surface area contributed by atoms with Crippen molar-refractivity contribution in [2.45, 2.75) is 38.6 Å². The van der Waals surface area contributed by atoms with Gasteiger partial charge in [-0.3, -0.25) is 9.69 Å². The van der Waals surface area contributed by atoms with Crippen LogP contribution < -0.4 is 10.5 Å². The molecule has 1 N–H and O–H groups in total. The predicted molar refractivity (Wildman–Crippen MR) is 75.6 cm³/mol. The summed E-state index contributed by atoms with van der Waals surface area (Å²) in [7, 11) is 0. The van der Waals surface area contributed by atoms with E-state index in [-0.39, 0.29) is 5.56 Å². The molecule has 3 rings (SSSR count). The van der Waals surface area contributed by atoms with Crippen molar-refractivity contribution in [1.82, 2.24) is 14.9 Å².